The first-order valence-corrected chi connectivity index (χ1v) is 15.7. The molecule has 2 heterocycles. The van der Waals surface area contributed by atoms with Crippen molar-refractivity contribution in [3.05, 3.63) is 84.1 Å². The van der Waals surface area contributed by atoms with Gasteiger partial charge in [0.15, 0.2) is 0 Å². The summed E-state index contributed by atoms with van der Waals surface area (Å²) in [6.45, 7) is 12.0. The van der Waals surface area contributed by atoms with Crippen molar-refractivity contribution in [2.75, 3.05) is 13.1 Å². The third kappa shape index (κ3) is 10.5. The SMILES string of the molecule is C=C1CCC(C)N1CCCc1ccccc1.CC(C)N1CC(=O)N(Cc2ccccc2)C1=O.NC(=O)C1CCC(F)(F)CC1. The third-order valence-electron chi connectivity index (χ3n) is 8.51. The molecule has 1 unspecified atom stereocenters. The van der Waals surface area contributed by atoms with Gasteiger partial charge in [-0.3, -0.25) is 14.5 Å². The van der Waals surface area contributed by atoms with Gasteiger partial charge in [-0.15, -0.1) is 0 Å². The molecule has 7 nitrogen and oxygen atoms in total. The Balaban J connectivity index is 0.000000185. The van der Waals surface area contributed by atoms with E-state index in [2.05, 4.69) is 48.7 Å². The van der Waals surface area contributed by atoms with Gasteiger partial charge in [0.05, 0.1) is 6.54 Å². The molecule has 2 aliphatic heterocycles. The average Bonchev–Trinajstić information content (AvgIpc) is 3.47. The van der Waals surface area contributed by atoms with Crippen molar-refractivity contribution in [1.82, 2.24) is 14.7 Å². The molecule has 3 fully saturated rings. The lowest BCUT2D eigenvalue weighted by atomic mass is 9.86. The highest BCUT2D eigenvalue weighted by Crippen LogP contribution is 2.35. The fourth-order valence-electron chi connectivity index (χ4n) is 5.67. The average molecular weight is 611 g/mol. The Morgan fingerprint density at radius 2 is 1.55 bits per heavy atom. The van der Waals surface area contributed by atoms with Crippen LogP contribution in [-0.2, 0) is 22.6 Å². The van der Waals surface area contributed by atoms with Crippen LogP contribution < -0.4 is 5.73 Å². The predicted octanol–water partition coefficient (Wildman–Crippen LogP) is 6.77. The monoisotopic (exact) mass is 610 g/mol. The van der Waals surface area contributed by atoms with Crippen molar-refractivity contribution in [3.63, 3.8) is 0 Å². The first kappa shape index (κ1) is 34.7. The molecule has 1 atom stereocenters. The molecule has 0 aromatic heterocycles. The van der Waals surface area contributed by atoms with E-state index in [1.807, 2.05) is 44.2 Å². The van der Waals surface area contributed by atoms with Crippen LogP contribution in [0.15, 0.2) is 72.9 Å². The highest BCUT2D eigenvalue weighted by molar-refractivity contribution is 6.02. The van der Waals surface area contributed by atoms with E-state index in [1.54, 1.807) is 4.90 Å². The number of primary amides is 1. The topological polar surface area (TPSA) is 86.9 Å². The zero-order chi connectivity index (χ0) is 32.3. The molecule has 0 spiro atoms. The number of amides is 4. The van der Waals surface area contributed by atoms with Crippen LogP contribution in [0.1, 0.15) is 76.8 Å². The molecule has 2 aromatic carbocycles. The number of halogens is 2. The Morgan fingerprint density at radius 1 is 0.977 bits per heavy atom. The van der Waals surface area contributed by atoms with E-state index in [4.69, 9.17) is 5.73 Å². The number of urea groups is 1. The summed E-state index contributed by atoms with van der Waals surface area (Å²) in [5.74, 6) is -3.45. The number of imide groups is 1. The second-order valence-corrected chi connectivity index (χ2v) is 12.2. The number of carbonyl (C=O) groups excluding carboxylic acids is 3. The van der Waals surface area contributed by atoms with Crippen LogP contribution in [0.2, 0.25) is 0 Å². The van der Waals surface area contributed by atoms with Crippen molar-refractivity contribution in [1.29, 1.82) is 0 Å². The zero-order valence-electron chi connectivity index (χ0n) is 26.4. The van der Waals surface area contributed by atoms with E-state index in [0.717, 1.165) is 12.1 Å². The number of benzene rings is 2. The van der Waals surface area contributed by atoms with Gasteiger partial charge < -0.3 is 15.5 Å². The number of carbonyl (C=O) groups is 3. The van der Waals surface area contributed by atoms with Gasteiger partial charge in [-0.2, -0.15) is 0 Å². The Morgan fingerprint density at radius 3 is 2.02 bits per heavy atom. The summed E-state index contributed by atoms with van der Waals surface area (Å²) in [6, 6.07) is 20.9. The molecule has 240 valence electrons. The Bertz CT molecular complexity index is 1230. The molecule has 1 saturated carbocycles. The molecule has 0 bridgehead atoms. The molecule has 44 heavy (non-hydrogen) atoms. The normalized spacial score (nSPS) is 19.9. The van der Waals surface area contributed by atoms with Crippen LogP contribution in [0.5, 0.6) is 0 Å². The number of hydrogen-bond acceptors (Lipinski definition) is 4. The molecule has 0 radical (unpaired) electrons. The maximum atomic E-state index is 12.5. The second kappa shape index (κ2) is 16.4. The van der Waals surface area contributed by atoms with Crippen LogP contribution in [0.4, 0.5) is 13.6 Å². The number of nitrogens with two attached hydrogens (primary N) is 1. The standard InChI is InChI=1S/C15H21N.C13H16N2O2.C7H11F2NO/c1-13-10-11-14(2)16(13)12-6-9-15-7-4-3-5-8-15;1-10(2)14-9-12(16)15(13(14)17)8-11-6-4-3-5-7-11;8-7(9)3-1-5(2-4-7)6(10)11/h3-5,7-8,14H,1,6,9-12H2,2H3;3-7,10H,8-9H2,1-2H3;5H,1-4H2,(H2,10,11). The number of hydrogen-bond donors (Lipinski definition) is 1. The number of allylic oxidation sites excluding steroid dienone is 1. The van der Waals surface area contributed by atoms with Crippen LogP contribution in [0.3, 0.4) is 0 Å². The van der Waals surface area contributed by atoms with E-state index in [0.29, 0.717) is 12.6 Å². The van der Waals surface area contributed by atoms with Crippen molar-refractivity contribution in [3.8, 4) is 0 Å². The van der Waals surface area contributed by atoms with Gasteiger partial charge in [-0.05, 0) is 70.4 Å². The summed E-state index contributed by atoms with van der Waals surface area (Å²) in [5, 5.41) is 0. The molecule has 5 rings (SSSR count). The fraction of sp³-hybridized carbons (Fsp3) is 0.514. The molecule has 2 aromatic rings. The number of nitrogens with zero attached hydrogens (tertiary/aromatic N) is 3. The van der Waals surface area contributed by atoms with Gasteiger partial charge in [0.2, 0.25) is 11.8 Å². The maximum absolute atomic E-state index is 12.5. The minimum atomic E-state index is -2.56. The lowest BCUT2D eigenvalue weighted by Crippen LogP contribution is -2.36. The molecule has 2 N–H and O–H groups in total. The van der Waals surface area contributed by atoms with Crippen molar-refractivity contribution in [2.24, 2.45) is 11.7 Å². The second-order valence-electron chi connectivity index (χ2n) is 12.2. The van der Waals surface area contributed by atoms with Crippen LogP contribution in [-0.4, -0.2) is 63.6 Å². The minimum absolute atomic E-state index is 0.0622. The number of likely N-dealkylation sites (tertiary alicyclic amines) is 1. The smallest absolute Gasteiger partial charge is 0.327 e. The summed E-state index contributed by atoms with van der Waals surface area (Å²) in [7, 11) is 0. The number of alkyl halides is 2. The largest absolute Gasteiger partial charge is 0.373 e. The minimum Gasteiger partial charge on any atom is -0.373 e. The van der Waals surface area contributed by atoms with Crippen LogP contribution in [0, 0.1) is 5.92 Å². The van der Waals surface area contributed by atoms with Crippen LogP contribution >= 0.6 is 0 Å². The van der Waals surface area contributed by atoms with E-state index < -0.39 is 11.8 Å². The van der Waals surface area contributed by atoms with E-state index in [9.17, 15) is 23.2 Å². The zero-order valence-corrected chi connectivity index (χ0v) is 26.4. The Hall–Kier alpha value is -3.75. The third-order valence-corrected chi connectivity index (χ3v) is 8.51. The summed E-state index contributed by atoms with van der Waals surface area (Å²) in [4.78, 5) is 39.7. The number of rotatable bonds is 8. The summed E-state index contributed by atoms with van der Waals surface area (Å²) >= 11 is 0. The molecule has 1 aliphatic carbocycles. The first-order valence-electron chi connectivity index (χ1n) is 15.7. The lowest BCUT2D eigenvalue weighted by molar-refractivity contribution is -0.126. The maximum Gasteiger partial charge on any atom is 0.327 e. The number of aryl methyl sites for hydroxylation is 1. The molecular formula is C35H48F2N4O3. The fourth-order valence-corrected chi connectivity index (χ4v) is 5.67. The van der Waals surface area contributed by atoms with E-state index >= 15 is 0 Å². The molecule has 3 aliphatic rings. The summed E-state index contributed by atoms with van der Waals surface area (Å²) in [5.41, 5.74) is 8.72. The van der Waals surface area contributed by atoms with Gasteiger partial charge >= 0.3 is 6.03 Å². The van der Waals surface area contributed by atoms with E-state index in [1.165, 1.54) is 41.8 Å². The van der Waals surface area contributed by atoms with Crippen molar-refractivity contribution < 1.29 is 23.2 Å². The van der Waals surface area contributed by atoms with Crippen LogP contribution in [0.25, 0.3) is 0 Å². The van der Waals surface area contributed by atoms with Gasteiger partial charge in [-0.1, -0.05) is 67.2 Å². The predicted molar refractivity (Wildman–Crippen MR) is 170 cm³/mol. The molecular weight excluding hydrogens is 562 g/mol. The van der Waals surface area contributed by atoms with Crippen molar-refractivity contribution >= 4 is 17.8 Å². The van der Waals surface area contributed by atoms with Gasteiger partial charge in [0.1, 0.15) is 6.54 Å². The molecule has 9 heteroatoms. The Labute approximate surface area is 261 Å². The van der Waals surface area contributed by atoms with Gasteiger partial charge in [0.25, 0.3) is 5.91 Å². The van der Waals surface area contributed by atoms with Gasteiger partial charge in [0, 0.05) is 43.1 Å². The molecule has 2 saturated heterocycles. The Kier molecular flexibility index (Phi) is 12.9. The quantitative estimate of drug-likeness (QED) is 0.334. The van der Waals surface area contributed by atoms with E-state index in [-0.39, 0.29) is 56.1 Å². The van der Waals surface area contributed by atoms with Crippen molar-refractivity contribution in [2.45, 2.75) is 96.7 Å². The highest BCUT2D eigenvalue weighted by atomic mass is 19.3. The van der Waals surface area contributed by atoms with Gasteiger partial charge in [-0.25, -0.2) is 13.6 Å². The highest BCUT2D eigenvalue weighted by Gasteiger charge is 2.37. The lowest BCUT2D eigenvalue weighted by Gasteiger charge is -2.25. The first-order chi connectivity index (χ1) is 20.9. The summed E-state index contributed by atoms with van der Waals surface area (Å²) < 4.78 is 25.0. The molecule has 4 amide bonds. The summed E-state index contributed by atoms with van der Waals surface area (Å²) in [6.07, 6.45) is 4.97.